The first-order valence-electron chi connectivity index (χ1n) is 7.92. The number of amides is 2. The normalized spacial score (nSPS) is 13.2. The van der Waals surface area contributed by atoms with Gasteiger partial charge in [0.1, 0.15) is 5.69 Å². The Kier molecular flexibility index (Phi) is 5.18. The van der Waals surface area contributed by atoms with Crippen molar-refractivity contribution in [1.82, 2.24) is 14.9 Å². The predicted molar refractivity (Wildman–Crippen MR) is 91.7 cm³/mol. The Labute approximate surface area is 148 Å². The standard InChI is InChI=1S/C17H17N3O4S/c1-2-24-16(23)13-10-18-17(19-13)25-9-5-8-20-14(21)11-6-3-4-7-12(11)15(20)22/h3-4,6-7,10H,2,5,8-9H2,1H3,(H,18,19). The number of nitrogens with zero attached hydrogens (tertiary/aromatic N) is 2. The second-order valence-corrected chi connectivity index (χ2v) is 6.42. The van der Waals surface area contributed by atoms with Crippen molar-refractivity contribution in [3.8, 4) is 0 Å². The largest absolute Gasteiger partial charge is 0.461 e. The number of aromatic nitrogens is 2. The molecule has 0 aliphatic carbocycles. The third kappa shape index (κ3) is 3.58. The molecule has 0 spiro atoms. The van der Waals surface area contributed by atoms with E-state index >= 15 is 0 Å². The van der Waals surface area contributed by atoms with E-state index in [1.165, 1.54) is 22.9 Å². The van der Waals surface area contributed by atoms with Crippen molar-refractivity contribution < 1.29 is 19.1 Å². The summed E-state index contributed by atoms with van der Waals surface area (Å²) in [5.41, 5.74) is 1.24. The summed E-state index contributed by atoms with van der Waals surface area (Å²) < 4.78 is 4.89. The quantitative estimate of drug-likeness (QED) is 0.353. The number of thioether (sulfide) groups is 1. The number of imide groups is 1. The molecule has 2 heterocycles. The summed E-state index contributed by atoms with van der Waals surface area (Å²) in [5, 5.41) is 0.602. The highest BCUT2D eigenvalue weighted by Gasteiger charge is 2.34. The Morgan fingerprint density at radius 1 is 1.24 bits per heavy atom. The summed E-state index contributed by atoms with van der Waals surface area (Å²) in [6.45, 7) is 2.40. The number of carbonyl (C=O) groups is 3. The van der Waals surface area contributed by atoms with Crippen LogP contribution in [0.1, 0.15) is 44.5 Å². The lowest BCUT2D eigenvalue weighted by molar-refractivity contribution is 0.0518. The lowest BCUT2D eigenvalue weighted by atomic mass is 10.1. The molecule has 0 saturated heterocycles. The molecular formula is C17H17N3O4S. The molecular weight excluding hydrogens is 342 g/mol. The monoisotopic (exact) mass is 359 g/mol. The van der Waals surface area contributed by atoms with Crippen molar-refractivity contribution in [2.24, 2.45) is 0 Å². The van der Waals surface area contributed by atoms with Gasteiger partial charge in [-0.05, 0) is 25.5 Å². The molecule has 130 valence electrons. The number of hydrogen-bond donors (Lipinski definition) is 1. The van der Waals surface area contributed by atoms with E-state index in [0.717, 1.165) is 0 Å². The van der Waals surface area contributed by atoms with E-state index in [2.05, 4.69) is 9.97 Å². The van der Waals surface area contributed by atoms with Gasteiger partial charge in [-0.3, -0.25) is 14.5 Å². The number of esters is 1. The zero-order chi connectivity index (χ0) is 17.8. The number of nitrogens with one attached hydrogen (secondary N) is 1. The zero-order valence-corrected chi connectivity index (χ0v) is 14.5. The van der Waals surface area contributed by atoms with Crippen molar-refractivity contribution in [3.63, 3.8) is 0 Å². The Morgan fingerprint density at radius 2 is 1.92 bits per heavy atom. The number of fused-ring (bicyclic) bond motifs is 1. The molecule has 2 aromatic rings. The lowest BCUT2D eigenvalue weighted by Crippen LogP contribution is -2.31. The molecule has 7 nitrogen and oxygen atoms in total. The number of ether oxygens (including phenoxy) is 1. The van der Waals surface area contributed by atoms with Gasteiger partial charge in [0.15, 0.2) is 5.16 Å². The minimum absolute atomic E-state index is 0.242. The van der Waals surface area contributed by atoms with Crippen LogP contribution in [0.3, 0.4) is 0 Å². The SMILES string of the molecule is CCOC(=O)c1cnc(SCCCN2C(=O)c3ccccc3C2=O)[nH]1. The third-order valence-corrected chi connectivity index (χ3v) is 4.66. The Bertz CT molecular complexity index is 783. The van der Waals surface area contributed by atoms with E-state index < -0.39 is 5.97 Å². The second-order valence-electron chi connectivity index (χ2n) is 5.33. The number of carbonyl (C=O) groups excluding carboxylic acids is 3. The van der Waals surface area contributed by atoms with Gasteiger partial charge >= 0.3 is 5.97 Å². The van der Waals surface area contributed by atoms with Crippen LogP contribution in [0, 0.1) is 0 Å². The van der Waals surface area contributed by atoms with Crippen LogP contribution >= 0.6 is 11.8 Å². The molecule has 8 heteroatoms. The van der Waals surface area contributed by atoms with E-state index in [4.69, 9.17) is 4.74 Å². The molecule has 1 aromatic heterocycles. The summed E-state index contributed by atoms with van der Waals surface area (Å²) in [6.07, 6.45) is 2.07. The van der Waals surface area contributed by atoms with Gasteiger partial charge in [0.25, 0.3) is 11.8 Å². The van der Waals surface area contributed by atoms with Gasteiger partial charge in [0.05, 0.1) is 23.9 Å². The number of hydrogen-bond acceptors (Lipinski definition) is 6. The molecule has 3 rings (SSSR count). The summed E-state index contributed by atoms with van der Waals surface area (Å²) in [5.74, 6) is -0.266. The van der Waals surface area contributed by atoms with Crippen LogP contribution in [-0.2, 0) is 4.74 Å². The molecule has 0 saturated carbocycles. The van der Waals surface area contributed by atoms with Crippen LogP contribution in [0.15, 0.2) is 35.6 Å². The maximum Gasteiger partial charge on any atom is 0.356 e. The highest BCUT2D eigenvalue weighted by Crippen LogP contribution is 2.23. The first-order chi connectivity index (χ1) is 12.1. The molecule has 2 amide bonds. The van der Waals surface area contributed by atoms with Gasteiger partial charge in [-0.2, -0.15) is 0 Å². The zero-order valence-electron chi connectivity index (χ0n) is 13.7. The number of aromatic amines is 1. The Morgan fingerprint density at radius 3 is 2.56 bits per heavy atom. The van der Waals surface area contributed by atoms with Crippen molar-refractivity contribution >= 4 is 29.5 Å². The fourth-order valence-corrected chi connectivity index (χ4v) is 3.30. The van der Waals surface area contributed by atoms with Crippen molar-refractivity contribution in [3.05, 3.63) is 47.3 Å². The molecule has 0 fully saturated rings. The Balaban J connectivity index is 1.49. The number of rotatable bonds is 7. The molecule has 0 radical (unpaired) electrons. The summed E-state index contributed by atoms with van der Waals surface area (Å²) in [4.78, 5) is 44.3. The van der Waals surface area contributed by atoms with E-state index in [0.29, 0.717) is 47.3 Å². The lowest BCUT2D eigenvalue weighted by Gasteiger charge is -2.12. The molecule has 0 bridgehead atoms. The molecule has 1 N–H and O–H groups in total. The molecule has 1 aliphatic heterocycles. The van der Waals surface area contributed by atoms with E-state index in [1.54, 1.807) is 31.2 Å². The fourth-order valence-electron chi connectivity index (χ4n) is 2.52. The van der Waals surface area contributed by atoms with Crippen molar-refractivity contribution in [1.29, 1.82) is 0 Å². The molecule has 1 aliphatic rings. The van der Waals surface area contributed by atoms with Gasteiger partial charge < -0.3 is 9.72 Å². The highest BCUT2D eigenvalue weighted by atomic mass is 32.2. The minimum Gasteiger partial charge on any atom is -0.461 e. The average molecular weight is 359 g/mol. The first kappa shape index (κ1) is 17.2. The second kappa shape index (κ2) is 7.52. The minimum atomic E-state index is -0.437. The molecule has 0 unspecified atom stereocenters. The van der Waals surface area contributed by atoms with Gasteiger partial charge in [0, 0.05) is 12.3 Å². The van der Waals surface area contributed by atoms with Crippen LogP contribution in [0.2, 0.25) is 0 Å². The van der Waals surface area contributed by atoms with E-state index in [9.17, 15) is 14.4 Å². The van der Waals surface area contributed by atoms with Crippen LogP contribution in [0.25, 0.3) is 0 Å². The number of benzene rings is 1. The van der Waals surface area contributed by atoms with Gasteiger partial charge in [-0.25, -0.2) is 9.78 Å². The summed E-state index contributed by atoms with van der Waals surface area (Å²) in [6, 6.07) is 6.84. The number of H-pyrrole nitrogens is 1. The van der Waals surface area contributed by atoms with Gasteiger partial charge in [-0.1, -0.05) is 23.9 Å². The molecule has 25 heavy (non-hydrogen) atoms. The Hall–Kier alpha value is -2.61. The van der Waals surface area contributed by atoms with Crippen molar-refractivity contribution in [2.45, 2.75) is 18.5 Å². The predicted octanol–water partition coefficient (Wildman–Crippen LogP) is 2.36. The van der Waals surface area contributed by atoms with E-state index in [-0.39, 0.29) is 11.8 Å². The summed E-state index contributed by atoms with van der Waals surface area (Å²) in [7, 11) is 0. The molecule has 1 aromatic carbocycles. The van der Waals surface area contributed by atoms with Crippen LogP contribution in [0.4, 0.5) is 0 Å². The average Bonchev–Trinajstić information content (AvgIpc) is 3.18. The topological polar surface area (TPSA) is 92.4 Å². The highest BCUT2D eigenvalue weighted by molar-refractivity contribution is 7.99. The maximum absolute atomic E-state index is 12.2. The van der Waals surface area contributed by atoms with Crippen LogP contribution < -0.4 is 0 Å². The fraction of sp³-hybridized carbons (Fsp3) is 0.294. The summed E-state index contributed by atoms with van der Waals surface area (Å²) >= 11 is 1.42. The maximum atomic E-state index is 12.2. The third-order valence-electron chi connectivity index (χ3n) is 3.69. The van der Waals surface area contributed by atoms with Crippen LogP contribution in [0.5, 0.6) is 0 Å². The molecule has 0 atom stereocenters. The van der Waals surface area contributed by atoms with Crippen LogP contribution in [-0.4, -0.2) is 51.6 Å². The van der Waals surface area contributed by atoms with E-state index in [1.807, 2.05) is 0 Å². The van der Waals surface area contributed by atoms with Gasteiger partial charge in [-0.15, -0.1) is 0 Å². The van der Waals surface area contributed by atoms with Crippen molar-refractivity contribution in [2.75, 3.05) is 18.9 Å². The van der Waals surface area contributed by atoms with Gasteiger partial charge in [0.2, 0.25) is 0 Å². The smallest absolute Gasteiger partial charge is 0.356 e. The first-order valence-corrected chi connectivity index (χ1v) is 8.90. The number of imidazole rings is 1.